The first-order valence-corrected chi connectivity index (χ1v) is 8.93. The summed E-state index contributed by atoms with van der Waals surface area (Å²) in [6.45, 7) is 8.17. The molecule has 1 aliphatic rings. The van der Waals surface area contributed by atoms with Crippen LogP contribution in [0.3, 0.4) is 0 Å². The van der Waals surface area contributed by atoms with Crippen molar-refractivity contribution >= 4 is 25.5 Å². The van der Waals surface area contributed by atoms with E-state index in [1.807, 2.05) is 26.8 Å². The van der Waals surface area contributed by atoms with Gasteiger partial charge in [-0.2, -0.15) is 0 Å². The predicted molar refractivity (Wildman–Crippen MR) is 88.0 cm³/mol. The van der Waals surface area contributed by atoms with E-state index in [9.17, 15) is 4.57 Å². The highest BCUT2D eigenvalue weighted by Crippen LogP contribution is 2.45. The minimum absolute atomic E-state index is 0.375. The van der Waals surface area contributed by atoms with Crippen LogP contribution in [0.25, 0.3) is 0 Å². The van der Waals surface area contributed by atoms with Gasteiger partial charge in [0.05, 0.1) is 16.5 Å². The molecule has 122 valence electrons. The highest BCUT2D eigenvalue weighted by molar-refractivity contribution is 7.62. The van der Waals surface area contributed by atoms with Crippen LogP contribution < -0.4 is 10.8 Å². The van der Waals surface area contributed by atoms with E-state index in [4.69, 9.17) is 18.4 Å². The first kappa shape index (κ1) is 17.7. The third-order valence-electron chi connectivity index (χ3n) is 4.66. The molecule has 1 saturated heterocycles. The Kier molecular flexibility index (Phi) is 4.91. The fourth-order valence-electron chi connectivity index (χ4n) is 2.57. The molecule has 1 fully saturated rings. The fourth-order valence-corrected chi connectivity index (χ4v) is 3.71. The molecule has 1 unspecified atom stereocenters. The average molecular weight is 326 g/mol. The maximum absolute atomic E-state index is 12.5. The monoisotopic (exact) mass is 326 g/mol. The third kappa shape index (κ3) is 2.91. The maximum Gasteiger partial charge on any atom is 0.494 e. The quantitative estimate of drug-likeness (QED) is 0.615. The summed E-state index contributed by atoms with van der Waals surface area (Å²) >= 11 is 0. The molecule has 0 bridgehead atoms. The van der Waals surface area contributed by atoms with Gasteiger partial charge in [-0.05, 0) is 44.8 Å². The number of hydrogen-bond acceptors (Lipinski definition) is 5. The molecule has 0 aliphatic carbocycles. The molecular weight excluding hydrogens is 302 g/mol. The molecule has 1 atom stereocenters. The van der Waals surface area contributed by atoms with Gasteiger partial charge in [-0.15, -0.1) is 0 Å². The van der Waals surface area contributed by atoms with Crippen LogP contribution in [0.4, 0.5) is 0 Å². The molecule has 22 heavy (non-hydrogen) atoms. The first-order valence-electron chi connectivity index (χ1n) is 7.39. The average Bonchev–Trinajstić information content (AvgIpc) is 2.77. The van der Waals surface area contributed by atoms with Crippen LogP contribution in [0.15, 0.2) is 24.3 Å². The van der Waals surface area contributed by atoms with Gasteiger partial charge in [0.2, 0.25) is 0 Å². The molecule has 0 N–H and O–H groups in total. The predicted octanol–water partition coefficient (Wildman–Crippen LogP) is 2.49. The second kappa shape index (κ2) is 6.10. The van der Waals surface area contributed by atoms with Crippen LogP contribution in [-0.2, 0) is 22.9 Å². The molecule has 0 spiro atoms. The smallest absolute Gasteiger partial charge is 0.399 e. The van der Waals surface area contributed by atoms with E-state index in [2.05, 4.69) is 6.92 Å². The van der Waals surface area contributed by atoms with Gasteiger partial charge in [-0.3, -0.25) is 4.57 Å². The Bertz CT molecular complexity index is 583. The Balaban J connectivity index is 2.35. The molecule has 2 rings (SSSR count). The van der Waals surface area contributed by atoms with Crippen molar-refractivity contribution in [1.29, 1.82) is 0 Å². The Morgan fingerprint density at radius 1 is 1.18 bits per heavy atom. The zero-order chi connectivity index (χ0) is 16.6. The molecule has 0 radical (unpaired) electrons. The van der Waals surface area contributed by atoms with Gasteiger partial charge >= 0.3 is 14.7 Å². The normalized spacial score (nSPS) is 24.7. The summed E-state index contributed by atoms with van der Waals surface area (Å²) in [5.41, 5.74) is 0.0196. The fraction of sp³-hybridized carbons (Fsp3) is 0.600. The van der Waals surface area contributed by atoms with E-state index in [0.717, 1.165) is 11.9 Å². The van der Waals surface area contributed by atoms with Crippen molar-refractivity contribution in [3.05, 3.63) is 24.3 Å². The molecule has 1 aliphatic heterocycles. The van der Waals surface area contributed by atoms with Crippen LogP contribution in [0.5, 0.6) is 0 Å². The summed E-state index contributed by atoms with van der Waals surface area (Å²) in [5, 5.41) is 0.491. The Labute approximate surface area is 133 Å². The minimum Gasteiger partial charge on any atom is -0.399 e. The van der Waals surface area contributed by atoms with Crippen molar-refractivity contribution in [2.45, 2.75) is 45.3 Å². The first-order chi connectivity index (χ1) is 10.2. The van der Waals surface area contributed by atoms with Crippen LogP contribution in [0.1, 0.15) is 34.1 Å². The summed E-state index contributed by atoms with van der Waals surface area (Å²) in [5.74, 6) is 0. The Morgan fingerprint density at radius 2 is 1.82 bits per heavy atom. The second-order valence-electron chi connectivity index (χ2n) is 6.12. The van der Waals surface area contributed by atoms with Gasteiger partial charge in [-0.25, -0.2) is 0 Å². The lowest BCUT2D eigenvalue weighted by Gasteiger charge is -2.35. The van der Waals surface area contributed by atoms with Gasteiger partial charge in [0.25, 0.3) is 0 Å². The van der Waals surface area contributed by atoms with Crippen LogP contribution in [0.2, 0.25) is 0 Å². The lowest BCUT2D eigenvalue weighted by molar-refractivity contribution is -0.0118. The highest BCUT2D eigenvalue weighted by atomic mass is 31.2. The number of rotatable bonds is 5. The third-order valence-corrected chi connectivity index (χ3v) is 6.53. The van der Waals surface area contributed by atoms with Gasteiger partial charge in [-0.1, -0.05) is 19.1 Å². The van der Waals surface area contributed by atoms with E-state index < -0.39 is 20.3 Å². The van der Waals surface area contributed by atoms with Gasteiger partial charge in [0.1, 0.15) is 0 Å². The molecule has 7 heteroatoms. The maximum atomic E-state index is 12.5. The summed E-state index contributed by atoms with van der Waals surface area (Å²) in [6.07, 6.45) is 0.838. The van der Waals surface area contributed by atoms with Crippen LogP contribution in [0, 0.1) is 0 Å². The molecule has 1 aromatic carbocycles. The lowest BCUT2D eigenvalue weighted by atomic mass is 9.79. The Morgan fingerprint density at radius 3 is 2.32 bits per heavy atom. The van der Waals surface area contributed by atoms with Crippen molar-refractivity contribution in [3.63, 3.8) is 0 Å². The lowest BCUT2D eigenvalue weighted by Crippen LogP contribution is -2.44. The summed E-state index contributed by atoms with van der Waals surface area (Å²) in [6, 6.07) is 7.17. The van der Waals surface area contributed by atoms with Crippen molar-refractivity contribution in [2.24, 2.45) is 0 Å². The molecule has 1 heterocycles. The summed E-state index contributed by atoms with van der Waals surface area (Å²) < 4.78 is 34.8. The number of hydrogen-bond donors (Lipinski definition) is 0. The minimum atomic E-state index is -3.28. The van der Waals surface area contributed by atoms with Gasteiger partial charge < -0.3 is 18.4 Å². The zero-order valence-corrected chi connectivity index (χ0v) is 15.0. The van der Waals surface area contributed by atoms with E-state index in [0.29, 0.717) is 5.30 Å². The largest absolute Gasteiger partial charge is 0.494 e. The van der Waals surface area contributed by atoms with Crippen LogP contribution >= 0.6 is 7.60 Å². The van der Waals surface area contributed by atoms with Crippen molar-refractivity contribution in [3.8, 4) is 0 Å². The highest BCUT2D eigenvalue weighted by Gasteiger charge is 2.53. The van der Waals surface area contributed by atoms with Crippen molar-refractivity contribution < 1.29 is 22.9 Å². The molecule has 0 aromatic heterocycles. The van der Waals surface area contributed by atoms with E-state index >= 15 is 0 Å². The van der Waals surface area contributed by atoms with Crippen molar-refractivity contribution in [2.75, 3.05) is 14.2 Å². The SMILES string of the molecule is CCC1(C)OB(c2cccc(P(=O)(OC)OC)c2)OC1(C)C. The van der Waals surface area contributed by atoms with Gasteiger partial charge in [0, 0.05) is 14.2 Å². The van der Waals surface area contributed by atoms with E-state index in [-0.39, 0.29) is 5.60 Å². The van der Waals surface area contributed by atoms with Gasteiger partial charge in [0.15, 0.2) is 0 Å². The topological polar surface area (TPSA) is 54.0 Å². The van der Waals surface area contributed by atoms with Crippen LogP contribution in [-0.4, -0.2) is 32.5 Å². The molecular formula is C15H24BO5P. The summed E-state index contributed by atoms with van der Waals surface area (Å²) in [7, 11) is -1.04. The van der Waals surface area contributed by atoms with Crippen molar-refractivity contribution in [1.82, 2.24) is 0 Å². The standard InChI is InChI=1S/C15H24BO5P/c1-7-15(4)14(2,3)20-16(21-15)12-9-8-10-13(11-12)22(17,18-5)19-6/h8-11H,7H2,1-6H3. The Hall–Kier alpha value is -0.645. The second-order valence-corrected chi connectivity index (χ2v) is 8.36. The number of benzene rings is 1. The summed E-state index contributed by atoms with van der Waals surface area (Å²) in [4.78, 5) is 0. The van der Waals surface area contributed by atoms with E-state index in [1.54, 1.807) is 18.2 Å². The zero-order valence-electron chi connectivity index (χ0n) is 14.1. The molecule has 0 saturated carbocycles. The van der Waals surface area contributed by atoms with E-state index in [1.165, 1.54) is 14.2 Å². The molecule has 0 amide bonds. The molecule has 1 aromatic rings. The molecule has 5 nitrogen and oxygen atoms in total.